The minimum Gasteiger partial charge on any atom is -0.507 e. The molecule has 1 heterocycles. The largest absolute Gasteiger partial charge is 0.507 e. The Labute approximate surface area is 215 Å². The van der Waals surface area contributed by atoms with Crippen LogP contribution < -0.4 is 9.47 Å². The van der Waals surface area contributed by atoms with Crippen molar-refractivity contribution in [3.8, 4) is 17.2 Å². The number of likely N-dealkylation sites (tertiary alicyclic amines) is 1. The first-order valence-electron chi connectivity index (χ1n) is 11.8. The van der Waals surface area contributed by atoms with Gasteiger partial charge in [-0.05, 0) is 53.9 Å². The molecule has 0 saturated carbocycles. The number of hydrogen-bond donors (Lipinski definition) is 2. The lowest BCUT2D eigenvalue weighted by molar-refractivity contribution is -0.140. The van der Waals surface area contributed by atoms with Crippen molar-refractivity contribution in [3.63, 3.8) is 0 Å². The van der Waals surface area contributed by atoms with E-state index in [0.717, 1.165) is 5.56 Å². The number of aliphatic hydroxyl groups excluding tert-OH is 1. The van der Waals surface area contributed by atoms with Gasteiger partial charge in [-0.15, -0.1) is 0 Å². The standard InChI is InChI=1S/C29H29NO7/c1-18-15-21(37-17-19-7-5-4-6-8-19)10-11-22(18)27(32)25-26(20-9-12-23(31)24(16-20)36-3)30(13-14-35-2)29(34)28(25)33/h4-12,15-16,26,31-32H,13-14,17H2,1-3H3. The molecule has 1 aliphatic rings. The average Bonchev–Trinajstić information content (AvgIpc) is 3.16. The van der Waals surface area contributed by atoms with Crippen LogP contribution in [0.4, 0.5) is 0 Å². The number of ketones is 1. The van der Waals surface area contributed by atoms with Gasteiger partial charge in [-0.3, -0.25) is 9.59 Å². The van der Waals surface area contributed by atoms with E-state index >= 15 is 0 Å². The quantitative estimate of drug-likeness (QED) is 0.254. The highest BCUT2D eigenvalue weighted by molar-refractivity contribution is 6.46. The number of nitrogens with zero attached hydrogens (tertiary/aromatic N) is 1. The van der Waals surface area contributed by atoms with Gasteiger partial charge in [-0.2, -0.15) is 0 Å². The normalized spacial score (nSPS) is 16.7. The first-order valence-corrected chi connectivity index (χ1v) is 11.8. The number of aryl methyl sites for hydroxylation is 1. The predicted molar refractivity (Wildman–Crippen MR) is 137 cm³/mol. The molecule has 8 heteroatoms. The minimum atomic E-state index is -0.891. The number of phenols is 1. The molecule has 1 saturated heterocycles. The van der Waals surface area contributed by atoms with E-state index in [0.29, 0.717) is 29.0 Å². The van der Waals surface area contributed by atoms with Crippen molar-refractivity contribution in [1.29, 1.82) is 0 Å². The Morgan fingerprint density at radius 3 is 2.43 bits per heavy atom. The lowest BCUT2D eigenvalue weighted by Crippen LogP contribution is -2.32. The van der Waals surface area contributed by atoms with Crippen molar-refractivity contribution in [3.05, 3.63) is 94.6 Å². The van der Waals surface area contributed by atoms with Gasteiger partial charge in [0, 0.05) is 19.2 Å². The van der Waals surface area contributed by atoms with Crippen molar-refractivity contribution >= 4 is 17.4 Å². The van der Waals surface area contributed by atoms with Crippen molar-refractivity contribution in [1.82, 2.24) is 4.90 Å². The van der Waals surface area contributed by atoms with E-state index in [9.17, 15) is 19.8 Å². The summed E-state index contributed by atoms with van der Waals surface area (Å²) in [5.74, 6) is -1.11. The van der Waals surface area contributed by atoms with Crippen molar-refractivity contribution in [2.24, 2.45) is 0 Å². The molecule has 0 bridgehead atoms. The molecule has 3 aromatic rings. The number of amides is 1. The number of Topliss-reactive ketones (excluding diaryl/α,β-unsaturated/α-hetero) is 1. The zero-order valence-electron chi connectivity index (χ0n) is 20.9. The number of carbonyl (C=O) groups is 2. The van der Waals surface area contributed by atoms with Gasteiger partial charge in [0.15, 0.2) is 11.5 Å². The predicted octanol–water partition coefficient (Wildman–Crippen LogP) is 4.36. The van der Waals surface area contributed by atoms with E-state index in [1.54, 1.807) is 37.3 Å². The van der Waals surface area contributed by atoms with Gasteiger partial charge in [0.25, 0.3) is 11.7 Å². The first-order chi connectivity index (χ1) is 17.8. The molecule has 4 rings (SSSR count). The number of methoxy groups -OCH3 is 2. The molecule has 1 aliphatic heterocycles. The molecule has 1 unspecified atom stereocenters. The fourth-order valence-electron chi connectivity index (χ4n) is 4.39. The number of benzene rings is 3. The van der Waals surface area contributed by atoms with Crippen LogP contribution in [0.15, 0.2) is 72.3 Å². The van der Waals surface area contributed by atoms with Gasteiger partial charge in [0.1, 0.15) is 18.1 Å². The van der Waals surface area contributed by atoms with Gasteiger partial charge in [0.05, 0.1) is 25.3 Å². The molecule has 8 nitrogen and oxygen atoms in total. The summed E-state index contributed by atoms with van der Waals surface area (Å²) in [6, 6.07) is 18.6. The summed E-state index contributed by atoms with van der Waals surface area (Å²) in [5.41, 5.74) is 2.56. The van der Waals surface area contributed by atoms with E-state index in [4.69, 9.17) is 14.2 Å². The third-order valence-electron chi connectivity index (χ3n) is 6.30. The lowest BCUT2D eigenvalue weighted by atomic mass is 9.93. The van der Waals surface area contributed by atoms with E-state index in [1.807, 2.05) is 30.3 Å². The highest BCUT2D eigenvalue weighted by Gasteiger charge is 2.46. The second kappa shape index (κ2) is 11.2. The highest BCUT2D eigenvalue weighted by Crippen LogP contribution is 2.42. The van der Waals surface area contributed by atoms with Crippen molar-refractivity contribution < 1.29 is 34.0 Å². The maximum atomic E-state index is 13.2. The van der Waals surface area contributed by atoms with Gasteiger partial charge >= 0.3 is 0 Å². The number of hydrogen-bond acceptors (Lipinski definition) is 7. The van der Waals surface area contributed by atoms with Crippen molar-refractivity contribution in [2.45, 2.75) is 19.6 Å². The Balaban J connectivity index is 1.73. The molecular formula is C29H29NO7. The smallest absolute Gasteiger partial charge is 0.295 e. The summed E-state index contributed by atoms with van der Waals surface area (Å²) in [6.45, 7) is 2.52. The van der Waals surface area contributed by atoms with Gasteiger partial charge in [-0.25, -0.2) is 0 Å². The maximum absolute atomic E-state index is 13.2. The third-order valence-corrected chi connectivity index (χ3v) is 6.30. The van der Waals surface area contributed by atoms with Crippen LogP contribution in [0.25, 0.3) is 5.76 Å². The van der Waals surface area contributed by atoms with E-state index < -0.39 is 17.7 Å². The Bertz CT molecular complexity index is 1330. The summed E-state index contributed by atoms with van der Waals surface area (Å²) >= 11 is 0. The van der Waals surface area contributed by atoms with Gasteiger partial charge < -0.3 is 29.3 Å². The monoisotopic (exact) mass is 503 g/mol. The van der Waals surface area contributed by atoms with Crippen LogP contribution in [0.1, 0.15) is 28.3 Å². The Morgan fingerprint density at radius 1 is 1.00 bits per heavy atom. The third kappa shape index (κ3) is 5.29. The minimum absolute atomic E-state index is 0.0464. The SMILES string of the molecule is COCCN1C(=O)C(=O)C(=C(O)c2ccc(OCc3ccccc3)cc2C)C1c1ccc(O)c(OC)c1. The van der Waals surface area contributed by atoms with Crippen molar-refractivity contribution in [2.75, 3.05) is 27.4 Å². The van der Waals surface area contributed by atoms with E-state index in [2.05, 4.69) is 0 Å². The van der Waals surface area contributed by atoms with Gasteiger partial charge in [-0.1, -0.05) is 36.4 Å². The van der Waals surface area contributed by atoms with Crippen LogP contribution in [0.3, 0.4) is 0 Å². The molecule has 0 aromatic heterocycles. The van der Waals surface area contributed by atoms with Gasteiger partial charge in [0.2, 0.25) is 0 Å². The van der Waals surface area contributed by atoms with E-state index in [1.165, 1.54) is 25.2 Å². The molecule has 0 spiro atoms. The molecule has 0 radical (unpaired) electrons. The number of phenolic OH excluding ortho intramolecular Hbond substituents is 1. The zero-order chi connectivity index (χ0) is 26.5. The van der Waals surface area contributed by atoms with Crippen LogP contribution >= 0.6 is 0 Å². The molecular weight excluding hydrogens is 474 g/mol. The van der Waals surface area contributed by atoms with Crippen LogP contribution in [0.2, 0.25) is 0 Å². The number of aromatic hydroxyl groups is 1. The molecule has 2 N–H and O–H groups in total. The second-order valence-electron chi connectivity index (χ2n) is 8.67. The summed E-state index contributed by atoms with van der Waals surface area (Å²) in [7, 11) is 2.91. The fraction of sp³-hybridized carbons (Fsp3) is 0.241. The Kier molecular flexibility index (Phi) is 7.79. The highest BCUT2D eigenvalue weighted by atomic mass is 16.5. The van der Waals surface area contributed by atoms with Crippen LogP contribution in [-0.2, 0) is 20.9 Å². The molecule has 37 heavy (non-hydrogen) atoms. The Morgan fingerprint density at radius 2 is 1.76 bits per heavy atom. The molecule has 192 valence electrons. The summed E-state index contributed by atoms with van der Waals surface area (Å²) in [4.78, 5) is 27.5. The van der Waals surface area contributed by atoms with E-state index in [-0.39, 0.29) is 36.0 Å². The number of carbonyl (C=O) groups excluding carboxylic acids is 2. The second-order valence-corrected chi connectivity index (χ2v) is 8.67. The van der Waals surface area contributed by atoms with Crippen LogP contribution in [0, 0.1) is 6.92 Å². The number of rotatable bonds is 9. The zero-order valence-corrected chi connectivity index (χ0v) is 20.9. The number of aliphatic hydroxyl groups is 1. The Hall–Kier alpha value is -4.30. The molecule has 1 amide bonds. The average molecular weight is 504 g/mol. The molecule has 3 aromatic carbocycles. The summed E-state index contributed by atoms with van der Waals surface area (Å²) in [6.07, 6.45) is 0. The molecule has 1 atom stereocenters. The van der Waals surface area contributed by atoms with Crippen LogP contribution in [-0.4, -0.2) is 54.2 Å². The molecule has 0 aliphatic carbocycles. The van der Waals surface area contributed by atoms with Crippen LogP contribution in [0.5, 0.6) is 17.2 Å². The maximum Gasteiger partial charge on any atom is 0.295 e. The summed E-state index contributed by atoms with van der Waals surface area (Å²) in [5, 5.41) is 21.4. The number of ether oxygens (including phenoxy) is 3. The topological polar surface area (TPSA) is 106 Å². The lowest BCUT2D eigenvalue weighted by Gasteiger charge is -2.25. The molecule has 1 fully saturated rings. The fourth-order valence-corrected chi connectivity index (χ4v) is 4.39. The summed E-state index contributed by atoms with van der Waals surface area (Å²) < 4.78 is 16.2. The first kappa shape index (κ1) is 25.8.